The molecule has 5 nitrogen and oxygen atoms in total. The van der Waals surface area contributed by atoms with E-state index in [1.54, 1.807) is 14.2 Å². The molecule has 0 aliphatic heterocycles. The minimum absolute atomic E-state index is 0.161. The lowest BCUT2D eigenvalue weighted by molar-refractivity contribution is 0.162. The maximum absolute atomic E-state index is 13.7. The fourth-order valence-electron chi connectivity index (χ4n) is 2.15. The molecule has 0 fully saturated rings. The van der Waals surface area contributed by atoms with Crippen LogP contribution < -0.4 is 10.6 Å². The third kappa shape index (κ3) is 8.61. The minimum atomic E-state index is -0.161. The first kappa shape index (κ1) is 20.9. The summed E-state index contributed by atoms with van der Waals surface area (Å²) >= 11 is 3.27. The quantitative estimate of drug-likeness (QED) is 0.358. The van der Waals surface area contributed by atoms with Crippen LogP contribution >= 0.6 is 15.9 Å². The van der Waals surface area contributed by atoms with Crippen molar-refractivity contribution in [2.24, 2.45) is 4.99 Å². The molecule has 0 atom stereocenters. The minimum Gasteiger partial charge on any atom is -0.383 e. The van der Waals surface area contributed by atoms with Crippen molar-refractivity contribution in [3.05, 3.63) is 34.1 Å². The summed E-state index contributed by atoms with van der Waals surface area (Å²) in [7, 11) is 5.51. The summed E-state index contributed by atoms with van der Waals surface area (Å²) < 4.78 is 19.5. The lowest BCUT2D eigenvalue weighted by atomic mass is 10.1. The van der Waals surface area contributed by atoms with Crippen molar-refractivity contribution in [1.82, 2.24) is 15.5 Å². The normalized spacial score (nSPS) is 11.8. The van der Waals surface area contributed by atoms with Crippen molar-refractivity contribution in [3.8, 4) is 0 Å². The molecule has 24 heavy (non-hydrogen) atoms. The molecule has 136 valence electrons. The van der Waals surface area contributed by atoms with Gasteiger partial charge >= 0.3 is 0 Å². The Balaban J connectivity index is 2.20. The number of rotatable bonds is 10. The average molecular weight is 403 g/mol. The van der Waals surface area contributed by atoms with Gasteiger partial charge in [-0.2, -0.15) is 0 Å². The molecule has 7 heteroatoms. The highest BCUT2D eigenvalue weighted by atomic mass is 79.9. The zero-order chi connectivity index (χ0) is 17.8. The van der Waals surface area contributed by atoms with Gasteiger partial charge in [0.15, 0.2) is 5.96 Å². The first-order valence-electron chi connectivity index (χ1n) is 8.12. The zero-order valence-electron chi connectivity index (χ0n) is 14.7. The van der Waals surface area contributed by atoms with E-state index in [9.17, 15) is 4.39 Å². The van der Waals surface area contributed by atoms with Gasteiger partial charge in [0.25, 0.3) is 0 Å². The molecule has 0 radical (unpaired) electrons. The van der Waals surface area contributed by atoms with Crippen LogP contribution in [-0.4, -0.2) is 64.9 Å². The molecule has 2 N–H and O–H groups in total. The van der Waals surface area contributed by atoms with Gasteiger partial charge in [0.1, 0.15) is 5.82 Å². The maximum atomic E-state index is 13.7. The van der Waals surface area contributed by atoms with E-state index < -0.39 is 0 Å². The monoisotopic (exact) mass is 402 g/mol. The smallest absolute Gasteiger partial charge is 0.191 e. The average Bonchev–Trinajstić information content (AvgIpc) is 2.56. The van der Waals surface area contributed by atoms with E-state index in [0.29, 0.717) is 6.42 Å². The van der Waals surface area contributed by atoms with Crippen molar-refractivity contribution in [1.29, 1.82) is 0 Å². The summed E-state index contributed by atoms with van der Waals surface area (Å²) in [6, 6.07) is 5.19. The summed E-state index contributed by atoms with van der Waals surface area (Å²) in [6.07, 6.45) is 1.54. The summed E-state index contributed by atoms with van der Waals surface area (Å²) in [4.78, 5) is 6.39. The predicted molar refractivity (Wildman–Crippen MR) is 101 cm³/mol. The number of halogens is 2. The van der Waals surface area contributed by atoms with Gasteiger partial charge in [-0.15, -0.1) is 0 Å². The summed E-state index contributed by atoms with van der Waals surface area (Å²) in [5, 5.41) is 6.52. The lowest BCUT2D eigenvalue weighted by Crippen LogP contribution is -2.41. The Morgan fingerprint density at radius 2 is 2.04 bits per heavy atom. The van der Waals surface area contributed by atoms with Crippen molar-refractivity contribution in [3.63, 3.8) is 0 Å². The van der Waals surface area contributed by atoms with E-state index in [1.165, 1.54) is 6.07 Å². The number of aryl methyl sites for hydroxylation is 1. The molecule has 0 saturated carbocycles. The van der Waals surface area contributed by atoms with Crippen LogP contribution in [0, 0.1) is 5.82 Å². The van der Waals surface area contributed by atoms with E-state index in [0.717, 1.165) is 55.2 Å². The summed E-state index contributed by atoms with van der Waals surface area (Å²) in [6.45, 7) is 4.10. The molecule has 1 rings (SSSR count). The highest BCUT2D eigenvalue weighted by Crippen LogP contribution is 2.16. The fourth-order valence-corrected chi connectivity index (χ4v) is 2.49. The fraction of sp³-hybridized carbons (Fsp3) is 0.588. The van der Waals surface area contributed by atoms with Crippen molar-refractivity contribution in [2.45, 2.75) is 12.8 Å². The standard InChI is InChI=1S/C17H28BrFN4O/c1-20-17(22-9-10-23(2)11-12-24-3)21-8-4-5-14-6-7-15(18)13-16(14)19/h6-7,13H,4-5,8-12H2,1-3H3,(H2,20,21,22). The maximum Gasteiger partial charge on any atom is 0.191 e. The Kier molecular flexibility index (Phi) is 10.6. The van der Waals surface area contributed by atoms with Gasteiger partial charge < -0.3 is 20.3 Å². The van der Waals surface area contributed by atoms with E-state index in [2.05, 4.69) is 43.5 Å². The Labute approximate surface area is 152 Å². The number of guanidine groups is 1. The highest BCUT2D eigenvalue weighted by Gasteiger charge is 2.03. The van der Waals surface area contributed by atoms with Crippen LogP contribution in [0.1, 0.15) is 12.0 Å². The largest absolute Gasteiger partial charge is 0.383 e. The van der Waals surface area contributed by atoms with Gasteiger partial charge in [-0.3, -0.25) is 4.99 Å². The Hall–Kier alpha value is -1.18. The summed E-state index contributed by atoms with van der Waals surface area (Å²) in [5.74, 6) is 0.609. The molecule has 0 spiro atoms. The van der Waals surface area contributed by atoms with Crippen molar-refractivity contribution in [2.75, 3.05) is 54.0 Å². The molecule has 1 aromatic carbocycles. The van der Waals surface area contributed by atoms with Gasteiger partial charge in [-0.05, 0) is 37.6 Å². The SMILES string of the molecule is CN=C(NCCCc1ccc(Br)cc1F)NCCN(C)CCOC. The molecule has 0 aliphatic rings. The van der Waals surface area contributed by atoms with Gasteiger partial charge in [0.05, 0.1) is 6.61 Å². The number of ether oxygens (including phenoxy) is 1. The predicted octanol–water partition coefficient (Wildman–Crippen LogP) is 2.26. The molecule has 1 aromatic rings. The number of nitrogens with one attached hydrogen (secondary N) is 2. The first-order valence-corrected chi connectivity index (χ1v) is 8.92. The molecule has 0 unspecified atom stereocenters. The second-order valence-electron chi connectivity index (χ2n) is 5.56. The molecule has 0 bridgehead atoms. The molecular weight excluding hydrogens is 375 g/mol. The Morgan fingerprint density at radius 3 is 2.71 bits per heavy atom. The van der Waals surface area contributed by atoms with Crippen LogP contribution in [0.3, 0.4) is 0 Å². The third-order valence-corrected chi connectivity index (χ3v) is 4.11. The number of aliphatic imine (C=N–C) groups is 1. The van der Waals surface area contributed by atoms with Gasteiger partial charge in [0.2, 0.25) is 0 Å². The number of hydrogen-bond acceptors (Lipinski definition) is 3. The van der Waals surface area contributed by atoms with E-state index >= 15 is 0 Å². The van der Waals surface area contributed by atoms with Crippen LogP contribution in [0.25, 0.3) is 0 Å². The number of hydrogen-bond donors (Lipinski definition) is 2. The van der Waals surface area contributed by atoms with Gasteiger partial charge in [0, 0.05) is 44.8 Å². The van der Waals surface area contributed by atoms with Crippen molar-refractivity contribution >= 4 is 21.9 Å². The second kappa shape index (κ2) is 12.2. The van der Waals surface area contributed by atoms with Crippen LogP contribution in [0.15, 0.2) is 27.7 Å². The van der Waals surface area contributed by atoms with Crippen LogP contribution in [0.5, 0.6) is 0 Å². The zero-order valence-corrected chi connectivity index (χ0v) is 16.3. The second-order valence-corrected chi connectivity index (χ2v) is 6.48. The lowest BCUT2D eigenvalue weighted by Gasteiger charge is -2.17. The molecule has 0 amide bonds. The molecule has 0 aliphatic carbocycles. The molecule has 0 saturated heterocycles. The van der Waals surface area contributed by atoms with Crippen LogP contribution in [0.2, 0.25) is 0 Å². The summed E-state index contributed by atoms with van der Waals surface area (Å²) in [5.41, 5.74) is 0.739. The number of benzene rings is 1. The van der Waals surface area contributed by atoms with E-state index in [1.807, 2.05) is 12.1 Å². The van der Waals surface area contributed by atoms with Crippen molar-refractivity contribution < 1.29 is 9.13 Å². The highest BCUT2D eigenvalue weighted by molar-refractivity contribution is 9.10. The number of nitrogens with zero attached hydrogens (tertiary/aromatic N) is 2. The molecule has 0 heterocycles. The topological polar surface area (TPSA) is 48.9 Å². The first-order chi connectivity index (χ1) is 11.6. The number of likely N-dealkylation sites (N-methyl/N-ethyl adjacent to an activating group) is 1. The third-order valence-electron chi connectivity index (χ3n) is 3.62. The van der Waals surface area contributed by atoms with E-state index in [4.69, 9.17) is 4.74 Å². The van der Waals surface area contributed by atoms with E-state index in [-0.39, 0.29) is 5.82 Å². The van der Waals surface area contributed by atoms with Gasteiger partial charge in [-0.1, -0.05) is 22.0 Å². The van der Waals surface area contributed by atoms with Crippen LogP contribution in [-0.2, 0) is 11.2 Å². The van der Waals surface area contributed by atoms with Crippen LogP contribution in [0.4, 0.5) is 4.39 Å². The molecule has 0 aromatic heterocycles. The number of methoxy groups -OCH3 is 1. The Bertz CT molecular complexity index is 513. The molecular formula is C17H28BrFN4O. The Morgan fingerprint density at radius 1 is 1.29 bits per heavy atom. The van der Waals surface area contributed by atoms with Gasteiger partial charge in [-0.25, -0.2) is 4.39 Å².